The maximum Gasteiger partial charge on any atom is 0.227 e. The minimum absolute atomic E-state index is 0.180. The number of aliphatic hydroxyl groups is 1. The minimum Gasteiger partial charge on any atom is -0.396 e. The molecule has 1 heterocycles. The molecule has 1 unspecified atom stereocenters. The molecule has 0 saturated heterocycles. The molecule has 3 heteroatoms. The van der Waals surface area contributed by atoms with E-state index in [0.29, 0.717) is 6.42 Å². The van der Waals surface area contributed by atoms with Crippen LogP contribution in [0.15, 0.2) is 18.2 Å². The molecule has 0 aromatic heterocycles. The second-order valence-corrected chi connectivity index (χ2v) is 4.63. The van der Waals surface area contributed by atoms with Crippen molar-refractivity contribution in [3.63, 3.8) is 0 Å². The Kier molecular flexibility index (Phi) is 3.48. The predicted octanol–water partition coefficient (Wildman–Crippen LogP) is 2.08. The standard InChI is InChI=1S/C14H19NO2/c1-3-10(9-16)11-4-6-13-12(8-11)5-7-14(17)15(13)2/h4,6,8,10,16H,3,5,7,9H2,1-2H3. The Morgan fingerprint density at radius 3 is 2.82 bits per heavy atom. The Balaban J connectivity index is 2.35. The second kappa shape index (κ2) is 4.88. The highest BCUT2D eigenvalue weighted by atomic mass is 16.3. The van der Waals surface area contributed by atoms with Gasteiger partial charge in [0.2, 0.25) is 5.91 Å². The van der Waals surface area contributed by atoms with Crippen molar-refractivity contribution in [3.8, 4) is 0 Å². The van der Waals surface area contributed by atoms with Crippen LogP contribution in [0.1, 0.15) is 36.8 Å². The fourth-order valence-electron chi connectivity index (χ4n) is 2.40. The molecule has 0 saturated carbocycles. The van der Waals surface area contributed by atoms with E-state index in [1.807, 2.05) is 19.2 Å². The van der Waals surface area contributed by atoms with Crippen LogP contribution in [0.4, 0.5) is 5.69 Å². The van der Waals surface area contributed by atoms with Gasteiger partial charge in [-0.3, -0.25) is 4.79 Å². The van der Waals surface area contributed by atoms with Gasteiger partial charge in [0.05, 0.1) is 0 Å². The van der Waals surface area contributed by atoms with Gasteiger partial charge in [-0.05, 0) is 30.0 Å². The number of amides is 1. The molecule has 1 atom stereocenters. The van der Waals surface area contributed by atoms with Gasteiger partial charge in [-0.2, -0.15) is 0 Å². The smallest absolute Gasteiger partial charge is 0.227 e. The molecule has 1 aromatic carbocycles. The Bertz CT molecular complexity index is 424. The number of benzene rings is 1. The number of aryl methyl sites for hydroxylation is 1. The van der Waals surface area contributed by atoms with Gasteiger partial charge in [-0.1, -0.05) is 19.1 Å². The lowest BCUT2D eigenvalue weighted by molar-refractivity contribution is -0.118. The van der Waals surface area contributed by atoms with Crippen molar-refractivity contribution in [3.05, 3.63) is 29.3 Å². The minimum atomic E-state index is 0.180. The Morgan fingerprint density at radius 1 is 1.41 bits per heavy atom. The molecule has 0 bridgehead atoms. The Morgan fingerprint density at radius 2 is 2.18 bits per heavy atom. The normalized spacial score (nSPS) is 16.9. The summed E-state index contributed by atoms with van der Waals surface area (Å²) >= 11 is 0. The quantitative estimate of drug-likeness (QED) is 0.868. The zero-order chi connectivity index (χ0) is 12.4. The number of carbonyl (C=O) groups excluding carboxylic acids is 1. The number of aliphatic hydroxyl groups excluding tert-OH is 1. The summed E-state index contributed by atoms with van der Waals surface area (Å²) in [4.78, 5) is 13.3. The monoisotopic (exact) mass is 233 g/mol. The Hall–Kier alpha value is -1.35. The maximum absolute atomic E-state index is 11.6. The summed E-state index contributed by atoms with van der Waals surface area (Å²) in [6.45, 7) is 2.26. The van der Waals surface area contributed by atoms with Crippen LogP contribution >= 0.6 is 0 Å². The van der Waals surface area contributed by atoms with Gasteiger partial charge in [0, 0.05) is 31.7 Å². The summed E-state index contributed by atoms with van der Waals surface area (Å²) in [6, 6.07) is 6.17. The van der Waals surface area contributed by atoms with Gasteiger partial charge >= 0.3 is 0 Å². The van der Waals surface area contributed by atoms with E-state index < -0.39 is 0 Å². The van der Waals surface area contributed by atoms with E-state index in [2.05, 4.69) is 13.0 Å². The van der Waals surface area contributed by atoms with Gasteiger partial charge in [-0.25, -0.2) is 0 Å². The number of nitrogens with zero attached hydrogens (tertiary/aromatic N) is 1. The molecule has 1 aliphatic rings. The van der Waals surface area contributed by atoms with E-state index in [4.69, 9.17) is 0 Å². The van der Waals surface area contributed by atoms with Crippen LogP contribution in [0.2, 0.25) is 0 Å². The highest BCUT2D eigenvalue weighted by Crippen LogP contribution is 2.30. The van der Waals surface area contributed by atoms with Crippen LogP contribution in [0, 0.1) is 0 Å². The van der Waals surface area contributed by atoms with Gasteiger partial charge in [-0.15, -0.1) is 0 Å². The van der Waals surface area contributed by atoms with Gasteiger partial charge in [0.25, 0.3) is 0 Å². The Labute approximate surface area is 102 Å². The van der Waals surface area contributed by atoms with E-state index >= 15 is 0 Å². The number of hydrogen-bond acceptors (Lipinski definition) is 2. The van der Waals surface area contributed by atoms with E-state index in [0.717, 1.165) is 18.5 Å². The summed E-state index contributed by atoms with van der Waals surface area (Å²) in [5.41, 5.74) is 3.41. The summed E-state index contributed by atoms with van der Waals surface area (Å²) in [7, 11) is 1.82. The van der Waals surface area contributed by atoms with Crippen molar-refractivity contribution in [2.75, 3.05) is 18.6 Å². The number of fused-ring (bicyclic) bond motifs is 1. The second-order valence-electron chi connectivity index (χ2n) is 4.63. The van der Waals surface area contributed by atoms with Crippen LogP contribution in [0.3, 0.4) is 0 Å². The molecule has 2 rings (SSSR count). The van der Waals surface area contributed by atoms with E-state index in [1.165, 1.54) is 11.1 Å². The summed E-state index contributed by atoms with van der Waals surface area (Å²) in [5.74, 6) is 0.391. The van der Waals surface area contributed by atoms with Crippen molar-refractivity contribution in [1.82, 2.24) is 0 Å². The van der Waals surface area contributed by atoms with Crippen molar-refractivity contribution >= 4 is 11.6 Å². The SMILES string of the molecule is CCC(CO)c1ccc2c(c1)CCC(=O)N2C. The third-order valence-electron chi connectivity index (χ3n) is 3.63. The fourth-order valence-corrected chi connectivity index (χ4v) is 2.40. The lowest BCUT2D eigenvalue weighted by Crippen LogP contribution is -2.31. The molecule has 1 N–H and O–H groups in total. The average molecular weight is 233 g/mol. The topological polar surface area (TPSA) is 40.5 Å². The fraction of sp³-hybridized carbons (Fsp3) is 0.500. The molecule has 92 valence electrons. The van der Waals surface area contributed by atoms with Crippen LogP contribution in [-0.2, 0) is 11.2 Å². The molecule has 1 aromatic rings. The average Bonchev–Trinajstić information content (AvgIpc) is 2.35. The third-order valence-corrected chi connectivity index (χ3v) is 3.63. The van der Waals surface area contributed by atoms with Crippen molar-refractivity contribution < 1.29 is 9.90 Å². The van der Waals surface area contributed by atoms with Crippen LogP contribution < -0.4 is 4.90 Å². The van der Waals surface area contributed by atoms with Crippen LogP contribution in [0.5, 0.6) is 0 Å². The molecular formula is C14H19NO2. The zero-order valence-corrected chi connectivity index (χ0v) is 10.4. The first-order chi connectivity index (χ1) is 8.17. The largest absolute Gasteiger partial charge is 0.396 e. The molecule has 3 nitrogen and oxygen atoms in total. The van der Waals surface area contributed by atoms with Crippen molar-refractivity contribution in [2.45, 2.75) is 32.1 Å². The first-order valence-corrected chi connectivity index (χ1v) is 6.17. The summed E-state index contributed by atoms with van der Waals surface area (Å²) in [5, 5.41) is 9.31. The van der Waals surface area contributed by atoms with Crippen LogP contribution in [0.25, 0.3) is 0 Å². The van der Waals surface area contributed by atoms with Crippen molar-refractivity contribution in [2.24, 2.45) is 0 Å². The molecule has 17 heavy (non-hydrogen) atoms. The number of rotatable bonds is 3. The number of anilines is 1. The predicted molar refractivity (Wildman–Crippen MR) is 68.3 cm³/mol. The van der Waals surface area contributed by atoms with Gasteiger partial charge in [0.15, 0.2) is 0 Å². The lowest BCUT2D eigenvalue weighted by Gasteiger charge is -2.27. The number of hydrogen-bond donors (Lipinski definition) is 1. The van der Waals surface area contributed by atoms with Gasteiger partial charge < -0.3 is 10.0 Å². The molecule has 0 fully saturated rings. The lowest BCUT2D eigenvalue weighted by atomic mass is 9.92. The molecule has 0 aliphatic carbocycles. The molecule has 1 aliphatic heterocycles. The van der Waals surface area contributed by atoms with E-state index in [9.17, 15) is 9.90 Å². The molecular weight excluding hydrogens is 214 g/mol. The number of carbonyl (C=O) groups is 1. The zero-order valence-electron chi connectivity index (χ0n) is 10.4. The van der Waals surface area contributed by atoms with Crippen LogP contribution in [-0.4, -0.2) is 24.7 Å². The molecule has 0 spiro atoms. The van der Waals surface area contributed by atoms with E-state index in [1.54, 1.807) is 4.90 Å². The van der Waals surface area contributed by atoms with Crippen molar-refractivity contribution in [1.29, 1.82) is 0 Å². The first kappa shape index (κ1) is 12.1. The highest BCUT2D eigenvalue weighted by Gasteiger charge is 2.21. The third kappa shape index (κ3) is 2.20. The highest BCUT2D eigenvalue weighted by molar-refractivity contribution is 5.95. The summed E-state index contributed by atoms with van der Waals surface area (Å²) < 4.78 is 0. The first-order valence-electron chi connectivity index (χ1n) is 6.17. The summed E-state index contributed by atoms with van der Waals surface area (Å²) in [6.07, 6.45) is 2.33. The molecule has 1 amide bonds. The maximum atomic E-state index is 11.6. The van der Waals surface area contributed by atoms with Gasteiger partial charge in [0.1, 0.15) is 0 Å². The molecule has 0 radical (unpaired) electrons. The van der Waals surface area contributed by atoms with E-state index in [-0.39, 0.29) is 18.4 Å².